The van der Waals surface area contributed by atoms with E-state index in [1.54, 1.807) is 37.4 Å². The number of fused-ring (bicyclic) bond motifs is 1. The summed E-state index contributed by atoms with van der Waals surface area (Å²) in [6.07, 6.45) is 2.21. The Morgan fingerprint density at radius 2 is 1.81 bits per heavy atom. The normalized spacial score (nSPS) is 16.2. The van der Waals surface area contributed by atoms with Crippen LogP contribution in [0.15, 0.2) is 47.4 Å². The van der Waals surface area contributed by atoms with Gasteiger partial charge in [-0.1, -0.05) is 0 Å². The van der Waals surface area contributed by atoms with E-state index in [1.807, 2.05) is 0 Å². The molecule has 2 aromatic carbocycles. The fraction of sp³-hybridized carbons (Fsp3) is 0.263. The molecule has 0 radical (unpaired) electrons. The largest absolute Gasteiger partial charge is 0.349 e. The summed E-state index contributed by atoms with van der Waals surface area (Å²) in [5, 5.41) is 2.89. The number of rotatable bonds is 5. The van der Waals surface area contributed by atoms with Crippen molar-refractivity contribution in [2.24, 2.45) is 0 Å². The average Bonchev–Trinajstić information content (AvgIpc) is 3.40. The van der Waals surface area contributed by atoms with Crippen LogP contribution in [0.2, 0.25) is 0 Å². The van der Waals surface area contributed by atoms with Gasteiger partial charge in [0, 0.05) is 30.0 Å². The molecule has 2 amide bonds. The Kier molecular flexibility index (Phi) is 4.15. The minimum atomic E-state index is -3.79. The van der Waals surface area contributed by atoms with Gasteiger partial charge in [0.15, 0.2) is 0 Å². The number of amides is 2. The van der Waals surface area contributed by atoms with E-state index < -0.39 is 10.0 Å². The summed E-state index contributed by atoms with van der Waals surface area (Å²) in [7, 11) is -2.12. The second-order valence-corrected chi connectivity index (χ2v) is 8.53. The van der Waals surface area contributed by atoms with E-state index >= 15 is 0 Å². The molecule has 1 saturated carbocycles. The van der Waals surface area contributed by atoms with Crippen LogP contribution in [0.4, 0.5) is 11.4 Å². The smallest absolute Gasteiger partial charge is 0.261 e. The highest BCUT2D eigenvalue weighted by Gasteiger charge is 2.26. The van der Waals surface area contributed by atoms with Gasteiger partial charge in [0.1, 0.15) is 0 Å². The lowest BCUT2D eigenvalue weighted by molar-refractivity contribution is -0.117. The second-order valence-electron chi connectivity index (χ2n) is 6.85. The number of anilines is 2. The highest BCUT2D eigenvalue weighted by Crippen LogP contribution is 2.30. The molecule has 4 rings (SSSR count). The third-order valence-corrected chi connectivity index (χ3v) is 6.13. The predicted molar refractivity (Wildman–Crippen MR) is 101 cm³/mol. The van der Waals surface area contributed by atoms with Gasteiger partial charge in [0.05, 0.1) is 11.3 Å². The Hall–Kier alpha value is -2.87. The first kappa shape index (κ1) is 17.5. The van der Waals surface area contributed by atoms with Crippen molar-refractivity contribution in [1.29, 1.82) is 0 Å². The molecule has 27 heavy (non-hydrogen) atoms. The van der Waals surface area contributed by atoms with Crippen LogP contribution in [0.25, 0.3) is 0 Å². The number of hydrogen-bond acceptors (Lipinski definition) is 4. The number of nitrogens with one attached hydrogen (secondary N) is 2. The maximum atomic E-state index is 12.6. The van der Waals surface area contributed by atoms with Crippen LogP contribution in [0.1, 0.15) is 28.8 Å². The van der Waals surface area contributed by atoms with Crippen molar-refractivity contribution in [3.05, 3.63) is 53.6 Å². The molecule has 2 aliphatic rings. The van der Waals surface area contributed by atoms with Crippen molar-refractivity contribution in [2.75, 3.05) is 16.7 Å². The van der Waals surface area contributed by atoms with Crippen molar-refractivity contribution in [3.8, 4) is 0 Å². The molecule has 0 saturated heterocycles. The minimum Gasteiger partial charge on any atom is -0.349 e. The summed E-state index contributed by atoms with van der Waals surface area (Å²) in [6, 6.07) is 11.2. The van der Waals surface area contributed by atoms with E-state index in [-0.39, 0.29) is 29.2 Å². The highest BCUT2D eigenvalue weighted by atomic mass is 32.2. The van der Waals surface area contributed by atoms with Gasteiger partial charge in [0.25, 0.3) is 15.9 Å². The number of hydrogen-bond donors (Lipinski definition) is 2. The molecule has 0 aromatic heterocycles. The van der Waals surface area contributed by atoms with Crippen LogP contribution >= 0.6 is 0 Å². The Balaban J connectivity index is 1.51. The van der Waals surface area contributed by atoms with Crippen molar-refractivity contribution < 1.29 is 18.0 Å². The van der Waals surface area contributed by atoms with Gasteiger partial charge in [0.2, 0.25) is 5.91 Å². The molecule has 2 N–H and O–H groups in total. The van der Waals surface area contributed by atoms with E-state index in [1.165, 1.54) is 17.0 Å². The van der Waals surface area contributed by atoms with Gasteiger partial charge in [-0.05, 0) is 60.9 Å². The van der Waals surface area contributed by atoms with Crippen LogP contribution < -0.4 is 14.9 Å². The number of sulfonamides is 1. The van der Waals surface area contributed by atoms with Gasteiger partial charge in [-0.3, -0.25) is 14.3 Å². The average molecular weight is 385 g/mol. The zero-order valence-electron chi connectivity index (χ0n) is 14.7. The predicted octanol–water partition coefficient (Wildman–Crippen LogP) is 1.90. The third-order valence-electron chi connectivity index (χ3n) is 4.75. The van der Waals surface area contributed by atoms with Crippen LogP contribution in [0.5, 0.6) is 0 Å². The highest BCUT2D eigenvalue weighted by molar-refractivity contribution is 7.92. The summed E-state index contributed by atoms with van der Waals surface area (Å²) in [5.41, 5.74) is 2.28. The lowest BCUT2D eigenvalue weighted by Gasteiger charge is -2.12. The first-order chi connectivity index (χ1) is 12.8. The first-order valence-electron chi connectivity index (χ1n) is 8.67. The molecule has 1 aliphatic heterocycles. The maximum Gasteiger partial charge on any atom is 0.261 e. The molecule has 0 bridgehead atoms. The van der Waals surface area contributed by atoms with E-state index in [0.717, 1.165) is 18.5 Å². The zero-order valence-corrected chi connectivity index (χ0v) is 15.5. The SMILES string of the molecule is CN1C(=O)Cc2cc(S(=O)(=O)Nc3ccc(C(=O)NC4CC4)cc3)ccc21. The molecule has 8 heteroatoms. The Labute approximate surface area is 157 Å². The molecule has 1 heterocycles. The molecule has 0 atom stereocenters. The van der Waals surface area contributed by atoms with E-state index in [9.17, 15) is 18.0 Å². The van der Waals surface area contributed by atoms with Gasteiger partial charge in [-0.2, -0.15) is 0 Å². The summed E-state index contributed by atoms with van der Waals surface area (Å²) >= 11 is 0. The first-order valence-corrected chi connectivity index (χ1v) is 10.1. The molecular weight excluding hydrogens is 366 g/mol. The number of carbonyl (C=O) groups is 2. The molecule has 1 aliphatic carbocycles. The van der Waals surface area contributed by atoms with Gasteiger partial charge >= 0.3 is 0 Å². The number of carbonyl (C=O) groups excluding carboxylic acids is 2. The quantitative estimate of drug-likeness (QED) is 0.822. The number of nitrogens with zero attached hydrogens (tertiary/aromatic N) is 1. The lowest BCUT2D eigenvalue weighted by atomic mass is 10.2. The summed E-state index contributed by atoms with van der Waals surface area (Å²) in [5.74, 6) is -0.216. The lowest BCUT2D eigenvalue weighted by Crippen LogP contribution is -2.25. The topological polar surface area (TPSA) is 95.6 Å². The Morgan fingerprint density at radius 3 is 2.48 bits per heavy atom. The monoisotopic (exact) mass is 385 g/mol. The van der Waals surface area contributed by atoms with Crippen molar-refractivity contribution >= 4 is 33.2 Å². The summed E-state index contributed by atoms with van der Waals surface area (Å²) in [6.45, 7) is 0. The van der Waals surface area contributed by atoms with Crippen LogP contribution in [-0.2, 0) is 21.2 Å². The van der Waals surface area contributed by atoms with Crippen LogP contribution in [0.3, 0.4) is 0 Å². The molecular formula is C19H19N3O4S. The fourth-order valence-electron chi connectivity index (χ4n) is 3.01. The van der Waals surface area contributed by atoms with Crippen molar-refractivity contribution in [2.45, 2.75) is 30.2 Å². The van der Waals surface area contributed by atoms with Gasteiger partial charge < -0.3 is 10.2 Å². The maximum absolute atomic E-state index is 12.6. The molecule has 2 aromatic rings. The fourth-order valence-corrected chi connectivity index (χ4v) is 4.12. The Bertz CT molecular complexity index is 1030. The number of benzene rings is 2. The second kappa shape index (κ2) is 6.38. The summed E-state index contributed by atoms with van der Waals surface area (Å²) < 4.78 is 27.8. The standard InChI is InChI=1S/C19H19N3O4S/c1-22-17-9-8-16(10-13(17)11-18(22)23)27(25,26)21-15-4-2-12(3-5-15)19(24)20-14-6-7-14/h2-5,8-10,14,21H,6-7,11H2,1H3,(H,20,24). The van der Waals surface area contributed by atoms with Crippen molar-refractivity contribution in [3.63, 3.8) is 0 Å². The van der Waals surface area contributed by atoms with E-state index in [0.29, 0.717) is 16.8 Å². The van der Waals surface area contributed by atoms with Crippen LogP contribution in [-0.4, -0.2) is 33.3 Å². The molecule has 140 valence electrons. The van der Waals surface area contributed by atoms with Crippen molar-refractivity contribution in [1.82, 2.24) is 5.32 Å². The van der Waals surface area contributed by atoms with Crippen LogP contribution in [0, 0.1) is 0 Å². The van der Waals surface area contributed by atoms with Gasteiger partial charge in [-0.25, -0.2) is 8.42 Å². The van der Waals surface area contributed by atoms with E-state index in [4.69, 9.17) is 0 Å². The summed E-state index contributed by atoms with van der Waals surface area (Å²) in [4.78, 5) is 25.4. The number of likely N-dealkylation sites (N-methyl/N-ethyl adjacent to an activating group) is 1. The van der Waals surface area contributed by atoms with E-state index in [2.05, 4.69) is 10.0 Å². The van der Waals surface area contributed by atoms with Gasteiger partial charge in [-0.15, -0.1) is 0 Å². The third kappa shape index (κ3) is 3.52. The molecule has 0 spiro atoms. The molecule has 0 unspecified atom stereocenters. The minimum absolute atomic E-state index is 0.0624. The zero-order chi connectivity index (χ0) is 19.2. The Morgan fingerprint density at radius 1 is 1.11 bits per heavy atom. The molecule has 7 nitrogen and oxygen atoms in total. The molecule has 1 fully saturated rings.